The van der Waals surface area contributed by atoms with Crippen molar-refractivity contribution in [2.24, 2.45) is 0 Å². The van der Waals surface area contributed by atoms with Crippen LogP contribution in [-0.2, 0) is 11.3 Å². The highest BCUT2D eigenvalue weighted by atomic mass is 32.1. The smallest absolute Gasteiger partial charge is 0.257 e. The largest absolute Gasteiger partial charge is 0.493 e. The Morgan fingerprint density at radius 1 is 1.00 bits per heavy atom. The number of anilines is 1. The molecule has 1 aromatic heterocycles. The molecule has 0 unspecified atom stereocenters. The van der Waals surface area contributed by atoms with Gasteiger partial charge in [0, 0.05) is 30.0 Å². The molecule has 0 bridgehead atoms. The van der Waals surface area contributed by atoms with Crippen molar-refractivity contribution in [1.82, 2.24) is 10.3 Å². The molecule has 0 radical (unpaired) electrons. The molecule has 9 heteroatoms. The highest BCUT2D eigenvalue weighted by molar-refractivity contribution is 7.14. The van der Waals surface area contributed by atoms with Crippen molar-refractivity contribution < 1.29 is 23.8 Å². The molecule has 31 heavy (non-hydrogen) atoms. The molecule has 1 heterocycles. The summed E-state index contributed by atoms with van der Waals surface area (Å²) in [7, 11) is 4.49. The lowest BCUT2D eigenvalue weighted by molar-refractivity contribution is -0.119. The van der Waals surface area contributed by atoms with E-state index in [9.17, 15) is 9.59 Å². The van der Waals surface area contributed by atoms with Gasteiger partial charge in [0.15, 0.2) is 16.6 Å². The summed E-state index contributed by atoms with van der Waals surface area (Å²) in [5, 5.41) is 7.90. The van der Waals surface area contributed by atoms with Crippen LogP contribution in [0.3, 0.4) is 0 Å². The van der Waals surface area contributed by atoms with Crippen LogP contribution in [0.4, 0.5) is 5.13 Å². The van der Waals surface area contributed by atoms with Crippen LogP contribution in [0.15, 0.2) is 41.8 Å². The van der Waals surface area contributed by atoms with E-state index in [1.165, 1.54) is 39.6 Å². The molecule has 0 fully saturated rings. The van der Waals surface area contributed by atoms with Crippen LogP contribution in [0.25, 0.3) is 11.3 Å². The van der Waals surface area contributed by atoms with Gasteiger partial charge in [-0.05, 0) is 17.7 Å². The zero-order valence-electron chi connectivity index (χ0n) is 17.6. The van der Waals surface area contributed by atoms with Gasteiger partial charge in [-0.3, -0.25) is 14.9 Å². The normalized spacial score (nSPS) is 10.3. The number of benzene rings is 2. The summed E-state index contributed by atoms with van der Waals surface area (Å²) in [5.74, 6) is 0.791. The summed E-state index contributed by atoms with van der Waals surface area (Å²) in [6, 6.07) is 10.9. The van der Waals surface area contributed by atoms with Gasteiger partial charge >= 0.3 is 0 Å². The van der Waals surface area contributed by atoms with Crippen LogP contribution in [0.5, 0.6) is 17.2 Å². The maximum atomic E-state index is 12.7. The molecule has 0 saturated heterocycles. The van der Waals surface area contributed by atoms with Crippen molar-refractivity contribution in [3.63, 3.8) is 0 Å². The fraction of sp³-hybridized carbons (Fsp3) is 0.227. The number of aromatic nitrogens is 1. The van der Waals surface area contributed by atoms with Crippen molar-refractivity contribution in [2.75, 3.05) is 26.6 Å². The minimum Gasteiger partial charge on any atom is -0.493 e. The molecule has 0 aliphatic heterocycles. The molecule has 3 aromatic rings. The highest BCUT2D eigenvalue weighted by Crippen LogP contribution is 2.38. The van der Waals surface area contributed by atoms with Crippen molar-refractivity contribution in [1.29, 1.82) is 0 Å². The Morgan fingerprint density at radius 3 is 2.19 bits per heavy atom. The first-order valence-corrected chi connectivity index (χ1v) is 10.2. The molecule has 162 valence electrons. The summed E-state index contributed by atoms with van der Waals surface area (Å²) >= 11 is 1.33. The van der Waals surface area contributed by atoms with Crippen molar-refractivity contribution in [2.45, 2.75) is 13.5 Å². The Bertz CT molecular complexity index is 1050. The molecular formula is C22H23N3O5S. The van der Waals surface area contributed by atoms with Gasteiger partial charge < -0.3 is 19.5 Å². The molecule has 0 aliphatic rings. The second-order valence-electron chi connectivity index (χ2n) is 6.51. The predicted octanol–water partition coefficient (Wildman–Crippen LogP) is 3.72. The highest BCUT2D eigenvalue weighted by Gasteiger charge is 2.18. The van der Waals surface area contributed by atoms with E-state index in [0.29, 0.717) is 34.5 Å². The monoisotopic (exact) mass is 441 g/mol. The second-order valence-corrected chi connectivity index (χ2v) is 7.37. The molecule has 3 rings (SSSR count). The molecule has 0 atom stereocenters. The summed E-state index contributed by atoms with van der Waals surface area (Å²) in [6.45, 7) is 1.96. The first-order valence-electron chi connectivity index (χ1n) is 9.35. The maximum Gasteiger partial charge on any atom is 0.257 e. The third-order valence-electron chi connectivity index (χ3n) is 4.44. The molecule has 2 N–H and O–H groups in total. The van der Waals surface area contributed by atoms with Crippen LogP contribution in [0.1, 0.15) is 22.8 Å². The lowest BCUT2D eigenvalue weighted by Crippen LogP contribution is -2.18. The molecule has 8 nitrogen and oxygen atoms in total. The first-order chi connectivity index (χ1) is 14.9. The second kappa shape index (κ2) is 9.94. The third-order valence-corrected chi connectivity index (χ3v) is 5.20. The lowest BCUT2D eigenvalue weighted by Gasteiger charge is -2.13. The van der Waals surface area contributed by atoms with Crippen molar-refractivity contribution >= 4 is 28.3 Å². The fourth-order valence-electron chi connectivity index (χ4n) is 2.87. The Labute approximate surface area is 184 Å². The molecule has 0 saturated carbocycles. The topological polar surface area (TPSA) is 98.8 Å². The molecule has 2 aromatic carbocycles. The fourth-order valence-corrected chi connectivity index (χ4v) is 3.58. The number of rotatable bonds is 8. The van der Waals surface area contributed by atoms with Gasteiger partial charge in [0.25, 0.3) is 5.91 Å². The van der Waals surface area contributed by atoms with Crippen LogP contribution in [0.2, 0.25) is 0 Å². The number of hydrogen-bond donors (Lipinski definition) is 2. The molecule has 0 aliphatic carbocycles. The van der Waals surface area contributed by atoms with Crippen molar-refractivity contribution in [3.05, 3.63) is 52.9 Å². The summed E-state index contributed by atoms with van der Waals surface area (Å²) in [6.07, 6.45) is 0. The predicted molar refractivity (Wildman–Crippen MR) is 119 cm³/mol. The Hall–Kier alpha value is -3.59. The maximum absolute atomic E-state index is 12.7. The molecule has 0 spiro atoms. The number of amides is 2. The van der Waals surface area contributed by atoms with Crippen LogP contribution < -0.4 is 24.8 Å². The number of nitrogens with one attached hydrogen (secondary N) is 2. The van der Waals surface area contributed by atoms with E-state index in [1.807, 2.05) is 29.6 Å². The van der Waals surface area contributed by atoms with Gasteiger partial charge in [0.1, 0.15) is 0 Å². The van der Waals surface area contributed by atoms with E-state index in [4.69, 9.17) is 14.2 Å². The summed E-state index contributed by atoms with van der Waals surface area (Å²) < 4.78 is 15.9. The van der Waals surface area contributed by atoms with Crippen LogP contribution >= 0.6 is 11.3 Å². The SMILES string of the molecule is COc1cc(C(=O)Nc2nc(-c3ccc(CNC(C)=O)cc3)cs2)cc(OC)c1OC. The van der Waals surface area contributed by atoms with Gasteiger partial charge in [0.05, 0.1) is 27.0 Å². The van der Waals surface area contributed by atoms with Gasteiger partial charge in [-0.15, -0.1) is 11.3 Å². The number of ether oxygens (including phenoxy) is 3. The quantitative estimate of drug-likeness (QED) is 0.553. The zero-order chi connectivity index (χ0) is 22.4. The van der Waals surface area contributed by atoms with E-state index in [2.05, 4.69) is 15.6 Å². The zero-order valence-corrected chi connectivity index (χ0v) is 18.5. The number of methoxy groups -OCH3 is 3. The van der Waals surface area contributed by atoms with Crippen LogP contribution in [0, 0.1) is 0 Å². The van der Waals surface area contributed by atoms with E-state index in [1.54, 1.807) is 12.1 Å². The van der Waals surface area contributed by atoms with Gasteiger partial charge in [-0.1, -0.05) is 24.3 Å². The number of carbonyl (C=O) groups is 2. The number of nitrogens with zero attached hydrogens (tertiary/aromatic N) is 1. The number of carbonyl (C=O) groups excluding carboxylic acids is 2. The lowest BCUT2D eigenvalue weighted by atomic mass is 10.1. The van der Waals surface area contributed by atoms with Gasteiger partial charge in [-0.25, -0.2) is 4.98 Å². The number of thiazole rings is 1. The Morgan fingerprint density at radius 2 is 1.65 bits per heavy atom. The summed E-state index contributed by atoms with van der Waals surface area (Å²) in [5.41, 5.74) is 3.01. The Kier molecular flexibility index (Phi) is 7.09. The van der Waals surface area contributed by atoms with Crippen molar-refractivity contribution in [3.8, 4) is 28.5 Å². The summed E-state index contributed by atoms with van der Waals surface area (Å²) in [4.78, 5) is 28.3. The third kappa shape index (κ3) is 5.32. The number of hydrogen-bond acceptors (Lipinski definition) is 7. The van der Waals surface area contributed by atoms with Crippen LogP contribution in [-0.4, -0.2) is 38.1 Å². The van der Waals surface area contributed by atoms with E-state index in [-0.39, 0.29) is 11.8 Å². The van der Waals surface area contributed by atoms with E-state index < -0.39 is 0 Å². The van der Waals surface area contributed by atoms with E-state index >= 15 is 0 Å². The standard InChI is InChI=1S/C22H23N3O5S/c1-13(26)23-11-14-5-7-15(8-6-14)17-12-31-22(24-17)25-21(27)16-9-18(28-2)20(30-4)19(10-16)29-3/h5-10,12H,11H2,1-4H3,(H,23,26)(H,24,25,27). The minimum atomic E-state index is -0.342. The minimum absolute atomic E-state index is 0.0731. The molecular weight excluding hydrogens is 418 g/mol. The van der Waals surface area contributed by atoms with Gasteiger partial charge in [0.2, 0.25) is 11.7 Å². The van der Waals surface area contributed by atoms with E-state index in [0.717, 1.165) is 16.8 Å². The Balaban J connectivity index is 1.74. The molecule has 2 amide bonds. The average molecular weight is 442 g/mol. The van der Waals surface area contributed by atoms with Gasteiger partial charge in [-0.2, -0.15) is 0 Å². The average Bonchev–Trinajstić information content (AvgIpc) is 3.25. The first kappa shape index (κ1) is 22.1.